The van der Waals surface area contributed by atoms with Crippen LogP contribution in [0.5, 0.6) is 0 Å². The first-order valence-electron chi connectivity index (χ1n) is 5.89. The van der Waals surface area contributed by atoms with Crippen LogP contribution in [0.2, 0.25) is 0 Å². The molecule has 0 saturated carbocycles. The number of nitrogen functional groups attached to an aromatic ring is 1. The molecule has 0 saturated heterocycles. The van der Waals surface area contributed by atoms with E-state index < -0.39 is 10.5 Å². The standard InChI is InChI=1S/C11H19N5O3/c1-4-19-11(2,3)7-13-9-5-8(16(17)18)6-10(14-9)15-12/h5-6H,4,7,12H2,1-3H3,(H2,13,14,15). The van der Waals surface area contributed by atoms with Gasteiger partial charge in [0.15, 0.2) is 0 Å². The van der Waals surface area contributed by atoms with Crippen molar-refractivity contribution in [1.29, 1.82) is 0 Å². The van der Waals surface area contributed by atoms with Gasteiger partial charge in [-0.3, -0.25) is 10.1 Å². The van der Waals surface area contributed by atoms with E-state index in [0.29, 0.717) is 19.0 Å². The van der Waals surface area contributed by atoms with Crippen LogP contribution in [0.15, 0.2) is 12.1 Å². The number of rotatable bonds is 7. The van der Waals surface area contributed by atoms with E-state index in [2.05, 4.69) is 15.7 Å². The molecule has 8 heteroatoms. The molecule has 0 bridgehead atoms. The molecule has 19 heavy (non-hydrogen) atoms. The van der Waals surface area contributed by atoms with Gasteiger partial charge in [-0.05, 0) is 20.8 Å². The first kappa shape index (κ1) is 15.1. The second-order valence-electron chi connectivity index (χ2n) is 4.54. The van der Waals surface area contributed by atoms with E-state index in [0.717, 1.165) is 0 Å². The lowest BCUT2D eigenvalue weighted by Crippen LogP contribution is -2.33. The van der Waals surface area contributed by atoms with E-state index in [9.17, 15) is 10.1 Å². The van der Waals surface area contributed by atoms with Crippen LogP contribution in [0.3, 0.4) is 0 Å². The average Bonchev–Trinajstić information content (AvgIpc) is 2.36. The highest BCUT2D eigenvalue weighted by atomic mass is 16.6. The van der Waals surface area contributed by atoms with Crippen LogP contribution in [0.1, 0.15) is 20.8 Å². The number of nitro groups is 1. The van der Waals surface area contributed by atoms with Crippen LogP contribution in [0, 0.1) is 10.1 Å². The lowest BCUT2D eigenvalue weighted by atomic mass is 10.1. The highest BCUT2D eigenvalue weighted by molar-refractivity contribution is 5.54. The third-order valence-corrected chi connectivity index (χ3v) is 2.40. The van der Waals surface area contributed by atoms with E-state index >= 15 is 0 Å². The molecule has 0 atom stereocenters. The van der Waals surface area contributed by atoms with Crippen LogP contribution in [-0.4, -0.2) is 28.7 Å². The molecule has 106 valence electrons. The van der Waals surface area contributed by atoms with Crippen LogP contribution < -0.4 is 16.6 Å². The number of anilines is 2. The largest absolute Gasteiger partial charge is 0.374 e. The van der Waals surface area contributed by atoms with Gasteiger partial charge in [0.05, 0.1) is 22.7 Å². The summed E-state index contributed by atoms with van der Waals surface area (Å²) in [5.41, 5.74) is 1.82. The van der Waals surface area contributed by atoms with Crippen molar-refractivity contribution in [1.82, 2.24) is 4.98 Å². The summed E-state index contributed by atoms with van der Waals surface area (Å²) in [6.45, 7) is 6.81. The molecular weight excluding hydrogens is 250 g/mol. The van der Waals surface area contributed by atoms with Gasteiger partial charge in [0.25, 0.3) is 5.69 Å². The predicted molar refractivity (Wildman–Crippen MR) is 72.9 cm³/mol. The van der Waals surface area contributed by atoms with Gasteiger partial charge in [-0.15, -0.1) is 0 Å². The highest BCUT2D eigenvalue weighted by Gasteiger charge is 2.18. The Morgan fingerprint density at radius 1 is 1.47 bits per heavy atom. The Labute approximate surface area is 111 Å². The maximum absolute atomic E-state index is 10.8. The zero-order chi connectivity index (χ0) is 14.5. The molecule has 0 radical (unpaired) electrons. The second-order valence-corrected chi connectivity index (χ2v) is 4.54. The summed E-state index contributed by atoms with van der Waals surface area (Å²) >= 11 is 0. The first-order valence-corrected chi connectivity index (χ1v) is 5.89. The van der Waals surface area contributed by atoms with Gasteiger partial charge in [-0.25, -0.2) is 10.8 Å². The van der Waals surface area contributed by atoms with E-state index in [1.165, 1.54) is 12.1 Å². The molecular formula is C11H19N5O3. The van der Waals surface area contributed by atoms with Gasteiger partial charge in [0.2, 0.25) is 0 Å². The average molecular weight is 269 g/mol. The quantitative estimate of drug-likeness (QED) is 0.390. The molecule has 0 aromatic carbocycles. The molecule has 1 aromatic heterocycles. The molecule has 4 N–H and O–H groups in total. The third kappa shape index (κ3) is 4.68. The number of hydrazine groups is 1. The van der Waals surface area contributed by atoms with Crippen molar-refractivity contribution in [2.75, 3.05) is 23.9 Å². The number of aromatic nitrogens is 1. The maximum atomic E-state index is 10.8. The number of hydrogen-bond acceptors (Lipinski definition) is 7. The molecule has 0 fully saturated rings. The Bertz CT molecular complexity index is 450. The molecule has 8 nitrogen and oxygen atoms in total. The van der Waals surface area contributed by atoms with Crippen molar-refractivity contribution < 1.29 is 9.66 Å². The summed E-state index contributed by atoms with van der Waals surface area (Å²) in [6, 6.07) is 2.61. The number of nitrogens with two attached hydrogens (primary N) is 1. The summed E-state index contributed by atoms with van der Waals surface area (Å²) in [4.78, 5) is 14.4. The van der Waals surface area contributed by atoms with E-state index in [4.69, 9.17) is 10.6 Å². The first-order chi connectivity index (χ1) is 8.88. The molecule has 1 aromatic rings. The van der Waals surface area contributed by atoms with Crippen molar-refractivity contribution >= 4 is 17.3 Å². The van der Waals surface area contributed by atoms with Crippen molar-refractivity contribution in [2.24, 2.45) is 5.84 Å². The van der Waals surface area contributed by atoms with Crippen LogP contribution in [-0.2, 0) is 4.74 Å². The minimum atomic E-state index is -0.499. The van der Waals surface area contributed by atoms with Gasteiger partial charge in [-0.1, -0.05) is 0 Å². The van der Waals surface area contributed by atoms with Gasteiger partial charge in [0.1, 0.15) is 11.6 Å². The topological polar surface area (TPSA) is 115 Å². The van der Waals surface area contributed by atoms with Gasteiger partial charge < -0.3 is 15.5 Å². The van der Waals surface area contributed by atoms with Crippen LogP contribution in [0.4, 0.5) is 17.3 Å². The van der Waals surface area contributed by atoms with E-state index in [1.807, 2.05) is 20.8 Å². The fraction of sp³-hybridized carbons (Fsp3) is 0.545. The number of nitrogens with one attached hydrogen (secondary N) is 2. The Kier molecular flexibility index (Phi) is 5.02. The predicted octanol–water partition coefficient (Wildman–Crippen LogP) is 1.50. The SMILES string of the molecule is CCOC(C)(C)CNc1cc([N+](=O)[O-])cc(NN)n1. The van der Waals surface area contributed by atoms with E-state index in [-0.39, 0.29) is 11.5 Å². The Morgan fingerprint density at radius 2 is 2.11 bits per heavy atom. The lowest BCUT2D eigenvalue weighted by molar-refractivity contribution is -0.384. The van der Waals surface area contributed by atoms with Crippen LogP contribution in [0.25, 0.3) is 0 Å². The monoisotopic (exact) mass is 269 g/mol. The molecule has 0 spiro atoms. The number of hydrogen-bond donors (Lipinski definition) is 3. The smallest absolute Gasteiger partial charge is 0.276 e. The molecule has 1 rings (SSSR count). The van der Waals surface area contributed by atoms with Gasteiger partial charge in [0, 0.05) is 13.2 Å². The Hall–Kier alpha value is -1.93. The highest BCUT2D eigenvalue weighted by Crippen LogP contribution is 2.21. The third-order valence-electron chi connectivity index (χ3n) is 2.40. The number of pyridine rings is 1. The zero-order valence-electron chi connectivity index (χ0n) is 11.3. The minimum absolute atomic E-state index is 0.0836. The van der Waals surface area contributed by atoms with Crippen molar-refractivity contribution in [3.05, 3.63) is 22.2 Å². The molecule has 1 heterocycles. The van der Waals surface area contributed by atoms with E-state index in [1.54, 1.807) is 0 Å². The lowest BCUT2D eigenvalue weighted by Gasteiger charge is -2.25. The fourth-order valence-corrected chi connectivity index (χ4v) is 1.53. The van der Waals surface area contributed by atoms with Gasteiger partial charge in [-0.2, -0.15) is 0 Å². The number of ether oxygens (including phenoxy) is 1. The van der Waals surface area contributed by atoms with Crippen molar-refractivity contribution in [3.8, 4) is 0 Å². The normalized spacial score (nSPS) is 11.2. The summed E-state index contributed by atoms with van der Waals surface area (Å²) in [6.07, 6.45) is 0. The molecule has 0 unspecified atom stereocenters. The Morgan fingerprint density at radius 3 is 2.63 bits per heavy atom. The summed E-state index contributed by atoms with van der Waals surface area (Å²) in [5, 5.41) is 13.8. The number of nitrogens with zero attached hydrogens (tertiary/aromatic N) is 2. The minimum Gasteiger partial charge on any atom is -0.374 e. The molecule has 0 aliphatic heterocycles. The molecule has 0 aliphatic rings. The fourth-order valence-electron chi connectivity index (χ4n) is 1.53. The maximum Gasteiger partial charge on any atom is 0.276 e. The van der Waals surface area contributed by atoms with Gasteiger partial charge >= 0.3 is 0 Å². The summed E-state index contributed by atoms with van der Waals surface area (Å²) in [7, 11) is 0. The zero-order valence-corrected chi connectivity index (χ0v) is 11.3. The Balaban J connectivity index is 2.83. The molecule has 0 amide bonds. The second kappa shape index (κ2) is 6.30. The summed E-state index contributed by atoms with van der Waals surface area (Å²) in [5.74, 6) is 5.83. The summed E-state index contributed by atoms with van der Waals surface area (Å²) < 4.78 is 5.52. The van der Waals surface area contributed by atoms with Crippen molar-refractivity contribution in [2.45, 2.75) is 26.4 Å². The van der Waals surface area contributed by atoms with Crippen molar-refractivity contribution in [3.63, 3.8) is 0 Å². The van der Waals surface area contributed by atoms with Crippen LogP contribution >= 0.6 is 0 Å². The molecule has 0 aliphatic carbocycles.